The van der Waals surface area contributed by atoms with E-state index < -0.39 is 17.3 Å². The Morgan fingerprint density at radius 1 is 1.31 bits per heavy atom. The molecule has 1 saturated heterocycles. The molecule has 32 heavy (non-hydrogen) atoms. The SMILES string of the molecule is Cc1sc(N2CCN(C(=O)OC(C)(C)C)[C@@H](CC(C)C)C2)nc1C(=O)c1cccnc1F. The van der Waals surface area contributed by atoms with Gasteiger partial charge in [0.25, 0.3) is 0 Å². The number of carbonyl (C=O) groups is 2. The van der Waals surface area contributed by atoms with Gasteiger partial charge in [0.2, 0.25) is 11.7 Å². The summed E-state index contributed by atoms with van der Waals surface area (Å²) in [6, 6.07) is 2.92. The van der Waals surface area contributed by atoms with Gasteiger partial charge in [-0.1, -0.05) is 13.8 Å². The number of halogens is 1. The zero-order chi connectivity index (χ0) is 23.6. The fourth-order valence-corrected chi connectivity index (χ4v) is 4.69. The molecule has 0 spiro atoms. The minimum Gasteiger partial charge on any atom is -0.444 e. The molecular formula is C23H31FN4O3S. The number of piperazine rings is 1. The Hall–Kier alpha value is -2.55. The normalized spacial score (nSPS) is 17.1. The number of ether oxygens (including phenoxy) is 1. The molecule has 0 saturated carbocycles. The average Bonchev–Trinajstić information content (AvgIpc) is 3.07. The number of carbonyl (C=O) groups excluding carboxylic acids is 2. The lowest BCUT2D eigenvalue weighted by Gasteiger charge is -2.42. The molecule has 1 fully saturated rings. The third-order valence-corrected chi connectivity index (χ3v) is 6.16. The highest BCUT2D eigenvalue weighted by molar-refractivity contribution is 7.15. The van der Waals surface area contributed by atoms with Crippen molar-refractivity contribution in [1.82, 2.24) is 14.9 Å². The maximum absolute atomic E-state index is 14.0. The van der Waals surface area contributed by atoms with E-state index in [1.807, 2.05) is 27.7 Å². The zero-order valence-corrected chi connectivity index (χ0v) is 20.3. The molecule has 0 radical (unpaired) electrons. The van der Waals surface area contributed by atoms with Gasteiger partial charge in [0.15, 0.2) is 5.13 Å². The van der Waals surface area contributed by atoms with Crippen molar-refractivity contribution in [3.05, 3.63) is 40.4 Å². The first-order valence-electron chi connectivity index (χ1n) is 10.8. The van der Waals surface area contributed by atoms with E-state index in [-0.39, 0.29) is 23.4 Å². The van der Waals surface area contributed by atoms with Crippen molar-refractivity contribution >= 4 is 28.3 Å². The van der Waals surface area contributed by atoms with E-state index in [0.717, 1.165) is 11.3 Å². The predicted octanol–water partition coefficient (Wildman–Crippen LogP) is 4.69. The third-order valence-electron chi connectivity index (χ3n) is 5.13. The monoisotopic (exact) mass is 462 g/mol. The van der Waals surface area contributed by atoms with Gasteiger partial charge in [-0.15, -0.1) is 11.3 Å². The minimum absolute atomic E-state index is 0.0299. The molecule has 3 heterocycles. The summed E-state index contributed by atoms with van der Waals surface area (Å²) in [6.45, 7) is 13.3. The number of rotatable bonds is 5. The molecule has 1 amide bonds. The molecule has 1 aliphatic heterocycles. The molecule has 7 nitrogen and oxygen atoms in total. The van der Waals surface area contributed by atoms with Crippen LogP contribution in [0.3, 0.4) is 0 Å². The number of pyridine rings is 1. The average molecular weight is 463 g/mol. The highest BCUT2D eigenvalue weighted by Crippen LogP contribution is 2.30. The number of aromatic nitrogens is 2. The molecule has 2 aromatic rings. The fourth-order valence-electron chi connectivity index (χ4n) is 3.75. The van der Waals surface area contributed by atoms with E-state index in [1.165, 1.54) is 29.7 Å². The lowest BCUT2D eigenvalue weighted by Crippen LogP contribution is -2.56. The summed E-state index contributed by atoms with van der Waals surface area (Å²) in [5.74, 6) is -0.871. The Labute approximate surface area is 192 Å². The molecule has 9 heteroatoms. The number of hydrogen-bond donors (Lipinski definition) is 0. The van der Waals surface area contributed by atoms with Crippen LogP contribution in [-0.4, -0.2) is 58.0 Å². The highest BCUT2D eigenvalue weighted by atomic mass is 32.1. The first-order valence-corrected chi connectivity index (χ1v) is 11.6. The number of anilines is 1. The van der Waals surface area contributed by atoms with Crippen LogP contribution in [0.1, 0.15) is 62.0 Å². The first kappa shape index (κ1) is 24.1. The Bertz CT molecular complexity index is 986. The van der Waals surface area contributed by atoms with Crippen molar-refractivity contribution in [2.75, 3.05) is 24.5 Å². The van der Waals surface area contributed by atoms with Crippen molar-refractivity contribution in [2.24, 2.45) is 5.92 Å². The van der Waals surface area contributed by atoms with Crippen molar-refractivity contribution in [1.29, 1.82) is 0 Å². The lowest BCUT2D eigenvalue weighted by molar-refractivity contribution is 0.0120. The van der Waals surface area contributed by atoms with Crippen LogP contribution in [0.4, 0.5) is 14.3 Å². The van der Waals surface area contributed by atoms with Crippen LogP contribution in [0.15, 0.2) is 18.3 Å². The van der Waals surface area contributed by atoms with Crippen LogP contribution < -0.4 is 4.90 Å². The zero-order valence-electron chi connectivity index (χ0n) is 19.5. The van der Waals surface area contributed by atoms with Gasteiger partial charge in [0.05, 0.1) is 11.6 Å². The van der Waals surface area contributed by atoms with Crippen molar-refractivity contribution < 1.29 is 18.7 Å². The highest BCUT2D eigenvalue weighted by Gasteiger charge is 2.35. The predicted molar refractivity (Wildman–Crippen MR) is 123 cm³/mol. The number of hydrogen-bond acceptors (Lipinski definition) is 7. The number of aryl methyl sites for hydroxylation is 1. The Balaban J connectivity index is 1.81. The summed E-state index contributed by atoms with van der Waals surface area (Å²) in [7, 11) is 0. The minimum atomic E-state index is -0.797. The van der Waals surface area contributed by atoms with Gasteiger partial charge in [0.1, 0.15) is 11.3 Å². The van der Waals surface area contributed by atoms with Gasteiger partial charge in [0, 0.05) is 30.7 Å². The Morgan fingerprint density at radius 3 is 2.66 bits per heavy atom. The number of thiazole rings is 1. The van der Waals surface area contributed by atoms with Gasteiger partial charge >= 0.3 is 6.09 Å². The van der Waals surface area contributed by atoms with Crippen LogP contribution in [-0.2, 0) is 4.74 Å². The van der Waals surface area contributed by atoms with Crippen molar-refractivity contribution in [2.45, 2.75) is 59.6 Å². The summed E-state index contributed by atoms with van der Waals surface area (Å²) >= 11 is 1.41. The van der Waals surface area contributed by atoms with Crippen molar-refractivity contribution in [3.8, 4) is 0 Å². The second kappa shape index (κ2) is 9.52. The molecule has 2 aromatic heterocycles. The van der Waals surface area contributed by atoms with E-state index in [2.05, 4.69) is 28.7 Å². The summed E-state index contributed by atoms with van der Waals surface area (Å²) in [6.07, 6.45) is 1.83. The summed E-state index contributed by atoms with van der Waals surface area (Å²) in [5.41, 5.74) is -0.397. The fraction of sp³-hybridized carbons (Fsp3) is 0.565. The molecule has 0 bridgehead atoms. The number of ketones is 1. The molecule has 3 rings (SSSR count). The molecule has 0 aromatic carbocycles. The Morgan fingerprint density at radius 2 is 2.03 bits per heavy atom. The smallest absolute Gasteiger partial charge is 0.410 e. The summed E-state index contributed by atoms with van der Waals surface area (Å²) < 4.78 is 19.6. The Kier molecular flexibility index (Phi) is 7.17. The van der Waals surface area contributed by atoms with Crippen molar-refractivity contribution in [3.63, 3.8) is 0 Å². The second-order valence-corrected chi connectivity index (χ2v) is 10.7. The first-order chi connectivity index (χ1) is 15.0. The molecule has 1 aliphatic rings. The number of amides is 1. The maximum atomic E-state index is 14.0. The number of nitrogens with zero attached hydrogens (tertiary/aromatic N) is 4. The molecule has 0 unspecified atom stereocenters. The summed E-state index contributed by atoms with van der Waals surface area (Å²) in [4.78, 5) is 38.4. The van der Waals surface area contributed by atoms with Gasteiger partial charge < -0.3 is 14.5 Å². The third kappa shape index (κ3) is 5.62. The van der Waals surface area contributed by atoms with E-state index >= 15 is 0 Å². The quantitative estimate of drug-likeness (QED) is 0.474. The maximum Gasteiger partial charge on any atom is 0.410 e. The second-order valence-electron chi connectivity index (χ2n) is 9.48. The molecule has 0 aliphatic carbocycles. The largest absolute Gasteiger partial charge is 0.444 e. The molecule has 174 valence electrons. The molecule has 0 N–H and O–H groups in total. The lowest BCUT2D eigenvalue weighted by atomic mass is 10.0. The van der Waals surface area contributed by atoms with E-state index in [1.54, 1.807) is 4.90 Å². The van der Waals surface area contributed by atoms with Crippen LogP contribution in [0.5, 0.6) is 0 Å². The topological polar surface area (TPSA) is 75.6 Å². The van der Waals surface area contributed by atoms with E-state index in [0.29, 0.717) is 30.7 Å². The van der Waals surface area contributed by atoms with Crippen LogP contribution in [0.2, 0.25) is 0 Å². The van der Waals surface area contributed by atoms with E-state index in [4.69, 9.17) is 4.74 Å². The van der Waals surface area contributed by atoms with Crippen LogP contribution in [0.25, 0.3) is 0 Å². The van der Waals surface area contributed by atoms with Gasteiger partial charge in [-0.2, -0.15) is 4.39 Å². The summed E-state index contributed by atoms with van der Waals surface area (Å²) in [5, 5.41) is 0.702. The van der Waals surface area contributed by atoms with Gasteiger partial charge in [-0.05, 0) is 52.2 Å². The van der Waals surface area contributed by atoms with E-state index in [9.17, 15) is 14.0 Å². The molecular weight excluding hydrogens is 431 g/mol. The van der Waals surface area contributed by atoms with Crippen LogP contribution in [0, 0.1) is 18.8 Å². The van der Waals surface area contributed by atoms with Crippen LogP contribution >= 0.6 is 11.3 Å². The standard InChI is InChI=1S/C23H31FN4O3S/c1-14(2)12-16-13-27(10-11-28(16)22(30)31-23(4,5)6)21-26-18(15(3)32-21)19(29)17-8-7-9-25-20(17)24/h7-9,14,16H,10-13H2,1-6H3/t16-/m0/s1. The molecule has 1 atom stereocenters. The van der Waals surface area contributed by atoms with Gasteiger partial charge in [-0.3, -0.25) is 4.79 Å². The van der Waals surface area contributed by atoms with Gasteiger partial charge in [-0.25, -0.2) is 14.8 Å².